The molecule has 1 N–H and O–H groups in total. The topological polar surface area (TPSA) is 70.0 Å². The fourth-order valence-corrected chi connectivity index (χ4v) is 4.92. The van der Waals surface area contributed by atoms with Crippen LogP contribution in [0.3, 0.4) is 0 Å². The zero-order valence-corrected chi connectivity index (χ0v) is 20.1. The number of aliphatic hydroxyl groups is 1. The molecule has 0 atom stereocenters. The molecule has 0 amide bonds. The predicted octanol–water partition coefficient (Wildman–Crippen LogP) is 6.17. The molecule has 0 aliphatic carbocycles. The maximum atomic E-state index is 9.42. The van der Waals surface area contributed by atoms with Gasteiger partial charge < -0.3 is 24.1 Å². The van der Waals surface area contributed by atoms with E-state index in [1.165, 1.54) is 0 Å². The second-order valence-corrected chi connectivity index (χ2v) is 8.92. The number of rotatable bonds is 8. The van der Waals surface area contributed by atoms with Crippen LogP contribution < -0.4 is 18.9 Å². The molecule has 6 nitrogen and oxygen atoms in total. The molecule has 6 rings (SSSR count). The highest BCUT2D eigenvalue weighted by atomic mass is 16.7. The highest BCUT2D eigenvalue weighted by Gasteiger charge is 2.21. The van der Waals surface area contributed by atoms with Gasteiger partial charge in [-0.2, -0.15) is 0 Å². The molecule has 2 heterocycles. The fraction of sp³-hybridized carbons (Fsp3) is 0.233. The largest absolute Gasteiger partial charge is 0.493 e. The lowest BCUT2D eigenvalue weighted by Crippen LogP contribution is -2.02. The number of hydrogen-bond donors (Lipinski definition) is 1. The summed E-state index contributed by atoms with van der Waals surface area (Å²) < 4.78 is 23.4. The van der Waals surface area contributed by atoms with Crippen LogP contribution in [0.25, 0.3) is 32.4 Å². The van der Waals surface area contributed by atoms with Crippen molar-refractivity contribution in [2.75, 3.05) is 20.5 Å². The molecule has 36 heavy (non-hydrogen) atoms. The maximum Gasteiger partial charge on any atom is 0.231 e. The van der Waals surface area contributed by atoms with Crippen LogP contribution in [0.1, 0.15) is 24.1 Å². The van der Waals surface area contributed by atoms with E-state index in [-0.39, 0.29) is 13.4 Å². The Morgan fingerprint density at radius 3 is 2.50 bits per heavy atom. The van der Waals surface area contributed by atoms with Crippen molar-refractivity contribution in [1.29, 1.82) is 0 Å². The van der Waals surface area contributed by atoms with Crippen LogP contribution in [0, 0.1) is 0 Å². The van der Waals surface area contributed by atoms with Crippen LogP contribution >= 0.6 is 0 Å². The predicted molar refractivity (Wildman–Crippen MR) is 140 cm³/mol. The van der Waals surface area contributed by atoms with E-state index < -0.39 is 0 Å². The molecule has 1 aliphatic rings. The molecule has 1 aromatic heterocycles. The first-order valence-corrected chi connectivity index (χ1v) is 12.2. The van der Waals surface area contributed by atoms with Crippen molar-refractivity contribution in [3.8, 4) is 23.0 Å². The van der Waals surface area contributed by atoms with Gasteiger partial charge in [0.2, 0.25) is 6.79 Å². The van der Waals surface area contributed by atoms with Gasteiger partial charge in [-0.05, 0) is 59.9 Å². The smallest absolute Gasteiger partial charge is 0.231 e. The molecule has 0 saturated heterocycles. The van der Waals surface area contributed by atoms with Gasteiger partial charge in [0.25, 0.3) is 0 Å². The van der Waals surface area contributed by atoms with Gasteiger partial charge in [0.1, 0.15) is 6.61 Å². The number of nitrogens with zero attached hydrogens (tertiary/aromatic N) is 1. The Morgan fingerprint density at radius 2 is 1.69 bits per heavy atom. The van der Waals surface area contributed by atoms with Crippen molar-refractivity contribution in [2.45, 2.75) is 25.9 Å². The van der Waals surface area contributed by atoms with Gasteiger partial charge in [0.05, 0.1) is 18.3 Å². The second kappa shape index (κ2) is 9.55. The minimum atomic E-state index is 0.151. The minimum absolute atomic E-state index is 0.151. The molecule has 0 saturated carbocycles. The van der Waals surface area contributed by atoms with Crippen LogP contribution in [0.15, 0.2) is 66.7 Å². The molecule has 0 fully saturated rings. The molecule has 6 heteroatoms. The van der Waals surface area contributed by atoms with E-state index in [0.29, 0.717) is 30.9 Å². The van der Waals surface area contributed by atoms with Gasteiger partial charge >= 0.3 is 0 Å². The summed E-state index contributed by atoms with van der Waals surface area (Å²) in [5.41, 5.74) is 2.92. The van der Waals surface area contributed by atoms with Gasteiger partial charge in [-0.25, -0.2) is 0 Å². The van der Waals surface area contributed by atoms with Crippen molar-refractivity contribution < 1.29 is 24.1 Å². The van der Waals surface area contributed by atoms with Crippen LogP contribution in [0.4, 0.5) is 0 Å². The Balaban J connectivity index is 1.59. The van der Waals surface area contributed by atoms with Gasteiger partial charge in [0.15, 0.2) is 23.0 Å². The Hall–Kier alpha value is -4.03. The summed E-state index contributed by atoms with van der Waals surface area (Å²) in [6.07, 6.45) is 2.24. The molecular formula is C30H27NO5. The second-order valence-electron chi connectivity index (χ2n) is 8.92. The van der Waals surface area contributed by atoms with Crippen LogP contribution in [-0.2, 0) is 13.0 Å². The molecule has 0 spiro atoms. The third-order valence-electron chi connectivity index (χ3n) is 6.70. The van der Waals surface area contributed by atoms with Crippen molar-refractivity contribution in [3.63, 3.8) is 0 Å². The Kier molecular flexibility index (Phi) is 5.95. The fourth-order valence-electron chi connectivity index (χ4n) is 4.92. The molecule has 0 bridgehead atoms. The van der Waals surface area contributed by atoms with Gasteiger partial charge in [-0.1, -0.05) is 42.5 Å². The molecule has 4 aromatic carbocycles. The first kappa shape index (κ1) is 22.4. The van der Waals surface area contributed by atoms with E-state index >= 15 is 0 Å². The number of ether oxygens (including phenoxy) is 4. The summed E-state index contributed by atoms with van der Waals surface area (Å²) in [7, 11) is 1.66. The summed E-state index contributed by atoms with van der Waals surface area (Å²) in [6, 6.07) is 22.4. The normalized spacial score (nSPS) is 12.5. The summed E-state index contributed by atoms with van der Waals surface area (Å²) >= 11 is 0. The molecule has 0 unspecified atom stereocenters. The first-order valence-electron chi connectivity index (χ1n) is 12.2. The molecule has 1 aliphatic heterocycles. The number of hydrogen-bond acceptors (Lipinski definition) is 6. The van der Waals surface area contributed by atoms with Crippen molar-refractivity contribution in [1.82, 2.24) is 4.98 Å². The van der Waals surface area contributed by atoms with Gasteiger partial charge in [-0.15, -0.1) is 0 Å². The Morgan fingerprint density at radius 1 is 0.889 bits per heavy atom. The minimum Gasteiger partial charge on any atom is -0.493 e. The lowest BCUT2D eigenvalue weighted by molar-refractivity contribution is 0.174. The number of benzene rings is 4. The molecular weight excluding hydrogens is 454 g/mol. The van der Waals surface area contributed by atoms with Crippen LogP contribution in [0.2, 0.25) is 0 Å². The van der Waals surface area contributed by atoms with Crippen molar-refractivity contribution in [2.24, 2.45) is 0 Å². The third-order valence-corrected chi connectivity index (χ3v) is 6.70. The Bertz CT molecular complexity index is 1570. The summed E-state index contributed by atoms with van der Waals surface area (Å²) in [4.78, 5) is 5.21. The standard InChI is InChI=1S/C30H27NO5/c1-33-25-13-12-21-22-11-10-20-15-26-27(36-18-35-26)16-23(20)29(22)31-24(9-5-6-14-32)28(21)30(25)34-17-19-7-3-2-4-8-19/h2-4,7-8,10-13,15-16,32H,5-6,9,14,17-18H2,1H3. The summed E-state index contributed by atoms with van der Waals surface area (Å²) in [6.45, 7) is 0.804. The number of pyridine rings is 1. The third kappa shape index (κ3) is 3.93. The van der Waals surface area contributed by atoms with E-state index in [1.54, 1.807) is 7.11 Å². The van der Waals surface area contributed by atoms with Crippen molar-refractivity contribution in [3.05, 3.63) is 78.0 Å². The number of aliphatic hydroxyl groups excluding tert-OH is 1. The molecule has 182 valence electrons. The van der Waals surface area contributed by atoms with E-state index in [1.807, 2.05) is 48.5 Å². The van der Waals surface area contributed by atoms with Crippen LogP contribution in [0.5, 0.6) is 23.0 Å². The number of unbranched alkanes of at least 4 members (excludes halogenated alkanes) is 1. The lowest BCUT2D eigenvalue weighted by atomic mass is 9.97. The average Bonchev–Trinajstić information content (AvgIpc) is 3.38. The molecule has 0 radical (unpaired) electrons. The van der Waals surface area contributed by atoms with E-state index in [2.05, 4.69) is 18.2 Å². The zero-order valence-electron chi connectivity index (χ0n) is 20.1. The number of aryl methyl sites for hydroxylation is 1. The quantitative estimate of drug-likeness (QED) is 0.211. The average molecular weight is 482 g/mol. The highest BCUT2D eigenvalue weighted by Crippen LogP contribution is 2.44. The number of aromatic nitrogens is 1. The van der Waals surface area contributed by atoms with Gasteiger partial charge in [0, 0.05) is 22.8 Å². The van der Waals surface area contributed by atoms with Gasteiger partial charge in [-0.3, -0.25) is 4.98 Å². The van der Waals surface area contributed by atoms with E-state index in [4.69, 9.17) is 23.9 Å². The molecule has 5 aromatic rings. The number of methoxy groups -OCH3 is 1. The van der Waals surface area contributed by atoms with Crippen LogP contribution in [-0.4, -0.2) is 30.6 Å². The number of fused-ring (bicyclic) bond motifs is 6. The van der Waals surface area contributed by atoms with E-state index in [9.17, 15) is 5.11 Å². The van der Waals surface area contributed by atoms with Crippen molar-refractivity contribution >= 4 is 32.4 Å². The summed E-state index contributed by atoms with van der Waals surface area (Å²) in [5, 5.41) is 14.5. The lowest BCUT2D eigenvalue weighted by Gasteiger charge is -2.18. The highest BCUT2D eigenvalue weighted by molar-refractivity contribution is 6.17. The van der Waals surface area contributed by atoms with E-state index in [0.717, 1.165) is 61.6 Å². The zero-order chi connectivity index (χ0) is 24.5. The Labute approximate surface area is 209 Å². The first-order chi connectivity index (χ1) is 17.8. The SMILES string of the molecule is COc1ccc2c(c(CCCCO)nc3c4cc5c(cc4ccc23)OCO5)c1OCc1ccccc1. The monoisotopic (exact) mass is 481 g/mol. The summed E-state index contributed by atoms with van der Waals surface area (Å²) in [5.74, 6) is 2.86. The maximum absolute atomic E-state index is 9.42.